The summed E-state index contributed by atoms with van der Waals surface area (Å²) in [7, 11) is 0. The average Bonchev–Trinajstić information content (AvgIpc) is 2.44. The van der Waals surface area contributed by atoms with Crippen molar-refractivity contribution in [3.8, 4) is 18.2 Å². The van der Waals surface area contributed by atoms with Crippen molar-refractivity contribution in [2.45, 2.75) is 6.54 Å². The van der Waals surface area contributed by atoms with Crippen LogP contribution in [0.5, 0.6) is 0 Å². The van der Waals surface area contributed by atoms with Gasteiger partial charge in [-0.25, -0.2) is 4.98 Å². The first-order chi connectivity index (χ1) is 6.24. The first-order valence-corrected chi connectivity index (χ1v) is 3.27. The van der Waals surface area contributed by atoms with Crippen LogP contribution in [0.4, 0.5) is 5.95 Å². The highest BCUT2D eigenvalue weighted by atomic mass is 15.2. The van der Waals surface area contributed by atoms with E-state index in [1.165, 1.54) is 4.57 Å². The van der Waals surface area contributed by atoms with Gasteiger partial charge in [0.1, 0.15) is 18.7 Å². The molecule has 0 aliphatic carbocycles. The van der Waals surface area contributed by atoms with Gasteiger partial charge in [-0.15, -0.1) is 0 Å². The first kappa shape index (κ1) is 8.58. The van der Waals surface area contributed by atoms with Crippen molar-refractivity contribution in [2.75, 3.05) is 5.73 Å². The van der Waals surface area contributed by atoms with Crippen LogP contribution in [0.2, 0.25) is 0 Å². The Morgan fingerprint density at radius 1 is 1.31 bits per heavy atom. The Hall–Kier alpha value is -2.52. The van der Waals surface area contributed by atoms with E-state index in [4.69, 9.17) is 21.5 Å². The molecule has 0 fully saturated rings. The van der Waals surface area contributed by atoms with Gasteiger partial charge in [-0.3, -0.25) is 4.57 Å². The van der Waals surface area contributed by atoms with Gasteiger partial charge in [0.05, 0.1) is 6.07 Å². The van der Waals surface area contributed by atoms with Crippen LogP contribution >= 0.6 is 0 Å². The summed E-state index contributed by atoms with van der Waals surface area (Å²) in [4.78, 5) is 3.62. The fourth-order valence-corrected chi connectivity index (χ4v) is 0.892. The van der Waals surface area contributed by atoms with E-state index in [1.54, 1.807) is 12.1 Å². The van der Waals surface area contributed by atoms with Crippen LogP contribution in [-0.2, 0) is 6.54 Å². The van der Waals surface area contributed by atoms with Crippen LogP contribution in [-0.4, -0.2) is 9.55 Å². The third kappa shape index (κ3) is 1.26. The van der Waals surface area contributed by atoms with Gasteiger partial charge in [-0.05, 0) is 0 Å². The van der Waals surface area contributed by atoms with Crippen molar-refractivity contribution in [2.24, 2.45) is 0 Å². The molecule has 62 valence electrons. The number of imidazole rings is 1. The van der Waals surface area contributed by atoms with Crippen LogP contribution in [0.15, 0.2) is 0 Å². The maximum absolute atomic E-state index is 8.64. The van der Waals surface area contributed by atoms with Gasteiger partial charge in [-0.1, -0.05) is 0 Å². The van der Waals surface area contributed by atoms with Crippen LogP contribution in [0.3, 0.4) is 0 Å². The zero-order valence-corrected chi connectivity index (χ0v) is 6.52. The lowest BCUT2D eigenvalue weighted by molar-refractivity contribution is 0.831. The number of hydrogen-bond acceptors (Lipinski definition) is 5. The molecular formula is C7H4N6. The number of hydrogen-bond donors (Lipinski definition) is 1. The van der Waals surface area contributed by atoms with Crippen molar-refractivity contribution < 1.29 is 0 Å². The predicted octanol–water partition coefficient (Wildman–Crippen LogP) is -0.268. The molecule has 0 aromatic carbocycles. The van der Waals surface area contributed by atoms with Crippen LogP contribution < -0.4 is 5.73 Å². The lowest BCUT2D eigenvalue weighted by atomic mass is 10.3. The van der Waals surface area contributed by atoms with Gasteiger partial charge < -0.3 is 5.73 Å². The molecule has 1 aromatic heterocycles. The minimum absolute atomic E-state index is 0.00894. The summed E-state index contributed by atoms with van der Waals surface area (Å²) in [6, 6.07) is 5.31. The van der Waals surface area contributed by atoms with Crippen molar-refractivity contribution in [1.29, 1.82) is 15.8 Å². The number of aromatic nitrogens is 2. The molecule has 0 atom stereocenters. The molecule has 0 spiro atoms. The number of anilines is 1. The molecule has 6 nitrogen and oxygen atoms in total. The highest BCUT2D eigenvalue weighted by molar-refractivity contribution is 5.43. The number of rotatable bonds is 1. The summed E-state index contributed by atoms with van der Waals surface area (Å²) in [6.45, 7) is -0.0800. The van der Waals surface area contributed by atoms with Gasteiger partial charge in [0.2, 0.25) is 5.95 Å². The Bertz CT molecular complexity index is 449. The van der Waals surface area contributed by atoms with E-state index in [1.807, 2.05) is 6.07 Å². The molecule has 0 saturated heterocycles. The second-order valence-corrected chi connectivity index (χ2v) is 2.14. The number of nitrogen functional groups attached to an aromatic ring is 1. The lowest BCUT2D eigenvalue weighted by Crippen LogP contribution is -2.04. The molecule has 0 aliphatic rings. The molecule has 2 N–H and O–H groups in total. The second-order valence-electron chi connectivity index (χ2n) is 2.14. The average molecular weight is 172 g/mol. The van der Waals surface area contributed by atoms with E-state index in [0.717, 1.165) is 0 Å². The number of nitriles is 3. The minimum atomic E-state index is -0.0800. The summed E-state index contributed by atoms with van der Waals surface area (Å²) in [5.74, 6) is 0.00894. The van der Waals surface area contributed by atoms with Crippen molar-refractivity contribution in [3.05, 3.63) is 11.4 Å². The summed E-state index contributed by atoms with van der Waals surface area (Å²) in [5, 5.41) is 25.6. The van der Waals surface area contributed by atoms with Crippen LogP contribution in [0, 0.1) is 34.0 Å². The van der Waals surface area contributed by atoms with E-state index in [-0.39, 0.29) is 23.9 Å². The summed E-state index contributed by atoms with van der Waals surface area (Å²) in [6.07, 6.45) is 0. The zero-order valence-electron chi connectivity index (χ0n) is 6.52. The van der Waals surface area contributed by atoms with Gasteiger partial charge >= 0.3 is 0 Å². The normalized spacial score (nSPS) is 8.38. The van der Waals surface area contributed by atoms with E-state index in [2.05, 4.69) is 4.98 Å². The Balaban J connectivity index is 3.37. The standard InChI is InChI=1S/C7H4N6/c8-1-2-13-6(4-10)5(3-9)12-7(13)11/h2H2,(H2,11,12). The largest absolute Gasteiger partial charge is 0.369 e. The zero-order chi connectivity index (χ0) is 9.84. The molecule has 0 radical (unpaired) electrons. The van der Waals surface area contributed by atoms with Crippen LogP contribution in [0.25, 0.3) is 0 Å². The molecule has 0 unspecified atom stereocenters. The molecule has 0 bridgehead atoms. The van der Waals surface area contributed by atoms with Crippen molar-refractivity contribution >= 4 is 5.95 Å². The molecule has 0 saturated carbocycles. The molecule has 6 heteroatoms. The maximum Gasteiger partial charge on any atom is 0.203 e. The highest BCUT2D eigenvalue weighted by Gasteiger charge is 2.13. The Morgan fingerprint density at radius 2 is 2.00 bits per heavy atom. The molecule has 13 heavy (non-hydrogen) atoms. The number of nitrogens with zero attached hydrogens (tertiary/aromatic N) is 5. The maximum atomic E-state index is 8.64. The molecule has 0 aliphatic heterocycles. The van der Waals surface area contributed by atoms with E-state index >= 15 is 0 Å². The topological polar surface area (TPSA) is 115 Å². The summed E-state index contributed by atoms with van der Waals surface area (Å²) >= 11 is 0. The van der Waals surface area contributed by atoms with Gasteiger partial charge in [0, 0.05) is 0 Å². The van der Waals surface area contributed by atoms with E-state index in [9.17, 15) is 0 Å². The summed E-state index contributed by atoms with van der Waals surface area (Å²) in [5.41, 5.74) is 5.36. The van der Waals surface area contributed by atoms with E-state index < -0.39 is 0 Å². The van der Waals surface area contributed by atoms with Crippen LogP contribution in [0.1, 0.15) is 11.4 Å². The minimum Gasteiger partial charge on any atom is -0.369 e. The SMILES string of the molecule is N#CCn1c(N)nc(C#N)c1C#N. The van der Waals surface area contributed by atoms with E-state index in [0.29, 0.717) is 0 Å². The summed E-state index contributed by atoms with van der Waals surface area (Å²) < 4.78 is 1.19. The van der Waals surface area contributed by atoms with Crippen molar-refractivity contribution in [3.63, 3.8) is 0 Å². The fourth-order valence-electron chi connectivity index (χ4n) is 0.892. The lowest BCUT2D eigenvalue weighted by Gasteiger charge is -1.96. The second kappa shape index (κ2) is 3.25. The Kier molecular flexibility index (Phi) is 2.14. The fraction of sp³-hybridized carbons (Fsp3) is 0.143. The third-order valence-corrected chi connectivity index (χ3v) is 1.44. The quantitative estimate of drug-likeness (QED) is 0.626. The molecule has 1 rings (SSSR count). The predicted molar refractivity (Wildman–Crippen MR) is 41.7 cm³/mol. The highest BCUT2D eigenvalue weighted by Crippen LogP contribution is 2.11. The number of nitrogens with two attached hydrogens (primary N) is 1. The Labute approximate surface area is 74.0 Å². The smallest absolute Gasteiger partial charge is 0.203 e. The molecule has 1 aromatic rings. The van der Waals surface area contributed by atoms with Gasteiger partial charge in [0.25, 0.3) is 0 Å². The molecular weight excluding hydrogens is 168 g/mol. The van der Waals surface area contributed by atoms with Gasteiger partial charge in [0.15, 0.2) is 11.4 Å². The first-order valence-electron chi connectivity index (χ1n) is 3.27. The Morgan fingerprint density at radius 3 is 2.46 bits per heavy atom. The third-order valence-electron chi connectivity index (χ3n) is 1.44. The van der Waals surface area contributed by atoms with Crippen molar-refractivity contribution in [1.82, 2.24) is 9.55 Å². The molecule has 0 amide bonds. The molecule has 1 heterocycles. The monoisotopic (exact) mass is 172 g/mol. The van der Waals surface area contributed by atoms with Gasteiger partial charge in [-0.2, -0.15) is 15.8 Å².